The molecule has 1 aromatic rings. The summed E-state index contributed by atoms with van der Waals surface area (Å²) in [5.41, 5.74) is 6.43. The van der Waals surface area contributed by atoms with Gasteiger partial charge < -0.3 is 5.73 Å². The van der Waals surface area contributed by atoms with Crippen LogP contribution in [0.3, 0.4) is 0 Å². The lowest BCUT2D eigenvalue weighted by molar-refractivity contribution is 0.321. The Morgan fingerprint density at radius 1 is 1.50 bits per heavy atom. The highest BCUT2D eigenvalue weighted by Crippen LogP contribution is 2.20. The van der Waals surface area contributed by atoms with Crippen molar-refractivity contribution < 1.29 is 4.39 Å². The van der Waals surface area contributed by atoms with Gasteiger partial charge in [-0.05, 0) is 12.5 Å². The van der Waals surface area contributed by atoms with Crippen LogP contribution in [0.5, 0.6) is 0 Å². The van der Waals surface area contributed by atoms with E-state index in [1.807, 2.05) is 0 Å². The highest BCUT2D eigenvalue weighted by molar-refractivity contribution is 6.30. The van der Waals surface area contributed by atoms with Gasteiger partial charge in [-0.1, -0.05) is 23.7 Å². The molecule has 5 heteroatoms. The van der Waals surface area contributed by atoms with Gasteiger partial charge in [-0.3, -0.25) is 4.90 Å². The van der Waals surface area contributed by atoms with Crippen LogP contribution < -0.4 is 5.73 Å². The number of nitrogens with zero attached hydrogens (tertiary/aromatic N) is 1. The maximum atomic E-state index is 13.6. The summed E-state index contributed by atoms with van der Waals surface area (Å²) in [6.07, 6.45) is 0.988. The Morgan fingerprint density at radius 2 is 2.25 bits per heavy atom. The molecule has 1 aliphatic rings. The molecule has 0 bridgehead atoms. The molecule has 0 spiro atoms. The molecule has 1 unspecified atom stereocenters. The van der Waals surface area contributed by atoms with Crippen molar-refractivity contribution in [2.75, 3.05) is 13.1 Å². The van der Waals surface area contributed by atoms with Gasteiger partial charge in [0.2, 0.25) is 0 Å². The molecule has 16 heavy (non-hydrogen) atoms. The summed E-state index contributed by atoms with van der Waals surface area (Å²) in [5, 5.41) is 0.191. The third-order valence-corrected chi connectivity index (χ3v) is 3.03. The summed E-state index contributed by atoms with van der Waals surface area (Å²) in [4.78, 5) is 2.15. The quantitative estimate of drug-likeness (QED) is 0.889. The maximum Gasteiger partial charge on any atom is 0.146 e. The number of hydrogen-bond donors (Lipinski definition) is 1. The fraction of sp³-hybridized carbons (Fsp3) is 0.455. The zero-order valence-electron chi connectivity index (χ0n) is 8.83. The molecule has 0 aliphatic carbocycles. The Bertz CT molecular complexity index is 360. The molecule has 0 amide bonds. The van der Waals surface area contributed by atoms with E-state index in [1.54, 1.807) is 18.2 Å². The third kappa shape index (κ3) is 3.08. The Balaban J connectivity index is 0.00000128. The first-order valence-electron chi connectivity index (χ1n) is 5.07. The number of hydrogen-bond acceptors (Lipinski definition) is 2. The van der Waals surface area contributed by atoms with Crippen molar-refractivity contribution in [3.63, 3.8) is 0 Å². The van der Waals surface area contributed by atoms with E-state index in [4.69, 9.17) is 17.3 Å². The molecule has 1 aromatic carbocycles. The van der Waals surface area contributed by atoms with Gasteiger partial charge in [-0.2, -0.15) is 0 Å². The fourth-order valence-electron chi connectivity index (χ4n) is 1.92. The second-order valence-corrected chi connectivity index (χ2v) is 4.40. The van der Waals surface area contributed by atoms with Crippen LogP contribution in [-0.4, -0.2) is 24.0 Å². The maximum absolute atomic E-state index is 13.6. The minimum absolute atomic E-state index is 0. The molecule has 1 fully saturated rings. The largest absolute Gasteiger partial charge is 0.326 e. The first kappa shape index (κ1) is 13.7. The van der Waals surface area contributed by atoms with Gasteiger partial charge >= 0.3 is 0 Å². The molecule has 1 atom stereocenters. The molecular weight excluding hydrogens is 250 g/mol. The zero-order valence-corrected chi connectivity index (χ0v) is 10.4. The molecule has 90 valence electrons. The second kappa shape index (κ2) is 5.82. The van der Waals surface area contributed by atoms with Gasteiger partial charge in [0.15, 0.2) is 0 Å². The smallest absolute Gasteiger partial charge is 0.146 e. The van der Waals surface area contributed by atoms with Gasteiger partial charge in [0, 0.05) is 31.2 Å². The van der Waals surface area contributed by atoms with E-state index >= 15 is 0 Å². The van der Waals surface area contributed by atoms with Gasteiger partial charge in [0.1, 0.15) is 5.82 Å². The van der Waals surface area contributed by atoms with Crippen molar-refractivity contribution in [1.82, 2.24) is 4.90 Å². The van der Waals surface area contributed by atoms with Crippen molar-refractivity contribution in [3.8, 4) is 0 Å². The monoisotopic (exact) mass is 264 g/mol. The van der Waals surface area contributed by atoms with E-state index < -0.39 is 0 Å². The summed E-state index contributed by atoms with van der Waals surface area (Å²) in [5.74, 6) is -0.306. The van der Waals surface area contributed by atoms with Crippen LogP contribution in [0.25, 0.3) is 0 Å². The van der Waals surface area contributed by atoms with E-state index in [9.17, 15) is 4.39 Å². The standard InChI is InChI=1S/C11H14ClFN2.ClH/c12-10-3-1-2-8(11(10)13)6-15-5-4-9(14)7-15;/h1-3,9H,4-7,14H2;1H. The Morgan fingerprint density at radius 3 is 2.88 bits per heavy atom. The average molecular weight is 265 g/mol. The molecular formula is C11H15Cl2FN2. The lowest BCUT2D eigenvalue weighted by atomic mass is 10.2. The zero-order chi connectivity index (χ0) is 10.8. The van der Waals surface area contributed by atoms with Crippen molar-refractivity contribution in [2.24, 2.45) is 5.73 Å². The van der Waals surface area contributed by atoms with E-state index in [0.717, 1.165) is 19.5 Å². The van der Waals surface area contributed by atoms with Crippen LogP contribution in [0.1, 0.15) is 12.0 Å². The van der Waals surface area contributed by atoms with Crippen LogP contribution in [0.2, 0.25) is 5.02 Å². The number of nitrogens with two attached hydrogens (primary N) is 1. The molecule has 2 nitrogen and oxygen atoms in total. The van der Waals surface area contributed by atoms with Crippen LogP contribution in [-0.2, 0) is 6.54 Å². The minimum atomic E-state index is -0.306. The Labute approximate surface area is 106 Å². The van der Waals surface area contributed by atoms with Crippen LogP contribution >= 0.6 is 24.0 Å². The van der Waals surface area contributed by atoms with Crippen molar-refractivity contribution >= 4 is 24.0 Å². The highest BCUT2D eigenvalue weighted by atomic mass is 35.5. The normalized spacial score (nSPS) is 20.8. The van der Waals surface area contributed by atoms with E-state index in [-0.39, 0.29) is 29.3 Å². The first-order valence-corrected chi connectivity index (χ1v) is 5.45. The molecule has 1 aliphatic heterocycles. The molecule has 2 rings (SSSR count). The summed E-state index contributed by atoms with van der Waals surface area (Å²) >= 11 is 5.71. The number of rotatable bonds is 2. The number of benzene rings is 1. The van der Waals surface area contributed by atoms with Crippen LogP contribution in [0, 0.1) is 5.82 Å². The Hall–Kier alpha value is -0.350. The molecule has 0 saturated carbocycles. The summed E-state index contributed by atoms with van der Waals surface area (Å²) in [6.45, 7) is 2.37. The van der Waals surface area contributed by atoms with Gasteiger partial charge in [-0.15, -0.1) is 12.4 Å². The van der Waals surface area contributed by atoms with Crippen LogP contribution in [0.4, 0.5) is 4.39 Å². The first-order chi connectivity index (χ1) is 7.16. The topological polar surface area (TPSA) is 29.3 Å². The minimum Gasteiger partial charge on any atom is -0.326 e. The average Bonchev–Trinajstić information content (AvgIpc) is 2.59. The van der Waals surface area contributed by atoms with E-state index in [1.165, 1.54) is 0 Å². The van der Waals surface area contributed by atoms with Crippen molar-refractivity contribution in [1.29, 1.82) is 0 Å². The molecule has 0 aromatic heterocycles. The third-order valence-electron chi connectivity index (χ3n) is 2.73. The van der Waals surface area contributed by atoms with Crippen molar-refractivity contribution in [3.05, 3.63) is 34.6 Å². The van der Waals surface area contributed by atoms with E-state index in [0.29, 0.717) is 12.1 Å². The van der Waals surface area contributed by atoms with Crippen molar-refractivity contribution in [2.45, 2.75) is 19.0 Å². The number of likely N-dealkylation sites (tertiary alicyclic amines) is 1. The molecule has 0 radical (unpaired) electrons. The predicted molar refractivity (Wildman–Crippen MR) is 66.5 cm³/mol. The van der Waals surface area contributed by atoms with E-state index in [2.05, 4.69) is 4.90 Å². The van der Waals surface area contributed by atoms with Crippen LogP contribution in [0.15, 0.2) is 18.2 Å². The summed E-state index contributed by atoms with van der Waals surface area (Å²) < 4.78 is 13.6. The molecule has 2 N–H and O–H groups in total. The summed E-state index contributed by atoms with van der Waals surface area (Å²) in [7, 11) is 0. The SMILES string of the molecule is Cl.NC1CCN(Cc2cccc(Cl)c2F)C1. The predicted octanol–water partition coefficient (Wildman–Crippen LogP) is 2.43. The number of halogens is 3. The van der Waals surface area contributed by atoms with Gasteiger partial charge in [-0.25, -0.2) is 4.39 Å². The lowest BCUT2D eigenvalue weighted by Gasteiger charge is -2.15. The fourth-order valence-corrected chi connectivity index (χ4v) is 2.11. The van der Waals surface area contributed by atoms with Gasteiger partial charge in [0.25, 0.3) is 0 Å². The summed E-state index contributed by atoms with van der Waals surface area (Å²) in [6, 6.07) is 5.34. The highest BCUT2D eigenvalue weighted by Gasteiger charge is 2.20. The Kier molecular flexibility index (Phi) is 4.99. The second-order valence-electron chi connectivity index (χ2n) is 4.00. The lowest BCUT2D eigenvalue weighted by Crippen LogP contribution is -2.26. The molecule has 1 saturated heterocycles. The van der Waals surface area contributed by atoms with Gasteiger partial charge in [0.05, 0.1) is 5.02 Å². The molecule has 1 heterocycles.